The first kappa shape index (κ1) is 13.0. The van der Waals surface area contributed by atoms with Gasteiger partial charge in [-0.2, -0.15) is 0 Å². The van der Waals surface area contributed by atoms with Crippen molar-refractivity contribution in [3.63, 3.8) is 0 Å². The molecule has 2 aromatic rings. The van der Waals surface area contributed by atoms with Gasteiger partial charge in [0.05, 0.1) is 4.90 Å². The third-order valence-corrected chi connectivity index (χ3v) is 4.82. The van der Waals surface area contributed by atoms with Crippen LogP contribution in [0.5, 0.6) is 0 Å². The number of halogens is 1. The molecule has 0 bridgehead atoms. The number of sulfone groups is 1. The molecule has 0 heterocycles. The van der Waals surface area contributed by atoms with E-state index in [-0.39, 0.29) is 4.90 Å². The number of hydrogen-bond acceptors (Lipinski definition) is 3. The van der Waals surface area contributed by atoms with Crippen molar-refractivity contribution < 1.29 is 18.3 Å². The molecule has 18 heavy (non-hydrogen) atoms. The fraction of sp³-hybridized carbons (Fsp3) is 0.0833. The summed E-state index contributed by atoms with van der Waals surface area (Å²) in [6.07, 6.45) is 0. The Kier molecular flexibility index (Phi) is 3.41. The summed E-state index contributed by atoms with van der Waals surface area (Å²) >= 11 is 3.34. The van der Waals surface area contributed by atoms with Gasteiger partial charge in [0.2, 0.25) is 0 Å². The van der Waals surface area contributed by atoms with Crippen LogP contribution < -0.4 is 0 Å². The lowest BCUT2D eigenvalue weighted by molar-refractivity contribution is -0.134. The Balaban J connectivity index is 2.73. The fourth-order valence-electron chi connectivity index (χ4n) is 1.75. The molecule has 0 saturated heterocycles. The summed E-state index contributed by atoms with van der Waals surface area (Å²) in [6.45, 7) is 0. The van der Waals surface area contributed by atoms with Crippen molar-refractivity contribution in [3.8, 4) is 0 Å². The van der Waals surface area contributed by atoms with E-state index in [1.165, 1.54) is 6.07 Å². The van der Waals surface area contributed by atoms with Gasteiger partial charge in [-0.15, -0.1) is 0 Å². The number of benzene rings is 2. The maximum absolute atomic E-state index is 12.0. The van der Waals surface area contributed by atoms with E-state index in [9.17, 15) is 13.2 Å². The zero-order valence-electron chi connectivity index (χ0n) is 9.13. The van der Waals surface area contributed by atoms with Gasteiger partial charge in [-0.05, 0) is 17.5 Å². The highest BCUT2D eigenvalue weighted by molar-refractivity contribution is 9.10. The van der Waals surface area contributed by atoms with Crippen molar-refractivity contribution in [3.05, 3.63) is 40.9 Å². The molecular weight excluding hydrogens is 320 g/mol. The molecule has 0 amide bonds. The molecule has 0 fully saturated rings. The van der Waals surface area contributed by atoms with Crippen LogP contribution >= 0.6 is 15.9 Å². The van der Waals surface area contributed by atoms with Gasteiger partial charge in [-0.3, -0.25) is 4.79 Å². The van der Waals surface area contributed by atoms with Crippen LogP contribution in [0, 0.1) is 0 Å². The van der Waals surface area contributed by atoms with Gasteiger partial charge < -0.3 is 5.11 Å². The molecule has 2 aromatic carbocycles. The van der Waals surface area contributed by atoms with Gasteiger partial charge in [-0.25, -0.2) is 8.42 Å². The highest BCUT2D eigenvalue weighted by Crippen LogP contribution is 2.29. The molecule has 0 aliphatic heterocycles. The monoisotopic (exact) mass is 328 g/mol. The highest BCUT2D eigenvalue weighted by atomic mass is 79.9. The first-order valence-corrected chi connectivity index (χ1v) is 7.48. The topological polar surface area (TPSA) is 71.4 Å². The molecule has 0 unspecified atom stereocenters. The highest BCUT2D eigenvalue weighted by Gasteiger charge is 2.21. The lowest BCUT2D eigenvalue weighted by Crippen LogP contribution is -2.15. The van der Waals surface area contributed by atoms with Crippen LogP contribution in [0.4, 0.5) is 0 Å². The van der Waals surface area contributed by atoms with Crippen molar-refractivity contribution in [2.45, 2.75) is 4.90 Å². The maximum atomic E-state index is 12.0. The molecule has 0 saturated carbocycles. The SMILES string of the molecule is O=C(O)CS(=O)(=O)c1ccc(Br)c2ccccc12. The summed E-state index contributed by atoms with van der Waals surface area (Å²) in [5.74, 6) is -2.26. The summed E-state index contributed by atoms with van der Waals surface area (Å²) in [4.78, 5) is 10.6. The first-order valence-electron chi connectivity index (χ1n) is 5.03. The van der Waals surface area contributed by atoms with Crippen LogP contribution in [0.15, 0.2) is 45.8 Å². The molecule has 0 aliphatic carbocycles. The lowest BCUT2D eigenvalue weighted by Gasteiger charge is -2.07. The molecule has 1 N–H and O–H groups in total. The maximum Gasteiger partial charge on any atom is 0.319 e. The normalized spacial score (nSPS) is 11.6. The number of carbonyl (C=O) groups is 1. The van der Waals surface area contributed by atoms with E-state index in [1.54, 1.807) is 30.3 Å². The molecule has 4 nitrogen and oxygen atoms in total. The van der Waals surface area contributed by atoms with Gasteiger partial charge in [0.25, 0.3) is 0 Å². The minimum Gasteiger partial charge on any atom is -0.480 e. The Morgan fingerprint density at radius 2 is 1.72 bits per heavy atom. The van der Waals surface area contributed by atoms with Crippen LogP contribution in [0.3, 0.4) is 0 Å². The van der Waals surface area contributed by atoms with E-state index in [4.69, 9.17) is 5.11 Å². The second-order valence-corrected chi connectivity index (χ2v) is 6.56. The van der Waals surface area contributed by atoms with Crippen LogP contribution in [-0.2, 0) is 14.6 Å². The molecule has 94 valence electrons. The van der Waals surface area contributed by atoms with Crippen LogP contribution in [0.25, 0.3) is 10.8 Å². The summed E-state index contributed by atoms with van der Waals surface area (Å²) < 4.78 is 24.7. The molecular formula is C12H9BrO4S. The van der Waals surface area contributed by atoms with Gasteiger partial charge >= 0.3 is 5.97 Å². The summed E-state index contributed by atoms with van der Waals surface area (Å²) in [7, 11) is -3.82. The van der Waals surface area contributed by atoms with Gasteiger partial charge in [0.1, 0.15) is 0 Å². The number of carboxylic acids is 1. The van der Waals surface area contributed by atoms with E-state index in [2.05, 4.69) is 15.9 Å². The third kappa shape index (κ3) is 2.39. The summed E-state index contributed by atoms with van der Waals surface area (Å²) in [6, 6.07) is 9.98. The second kappa shape index (κ2) is 4.70. The van der Waals surface area contributed by atoms with E-state index < -0.39 is 21.6 Å². The van der Waals surface area contributed by atoms with E-state index >= 15 is 0 Å². The summed E-state index contributed by atoms with van der Waals surface area (Å²) in [5, 5.41) is 9.91. The van der Waals surface area contributed by atoms with Crippen LogP contribution in [-0.4, -0.2) is 25.2 Å². The fourth-order valence-corrected chi connectivity index (χ4v) is 3.49. The summed E-state index contributed by atoms with van der Waals surface area (Å²) in [5.41, 5.74) is 0. The van der Waals surface area contributed by atoms with Gasteiger partial charge in [0, 0.05) is 9.86 Å². The smallest absolute Gasteiger partial charge is 0.319 e. The molecule has 0 radical (unpaired) electrons. The van der Waals surface area contributed by atoms with Crippen molar-refractivity contribution in [1.29, 1.82) is 0 Å². The number of rotatable bonds is 3. The average Bonchev–Trinajstić information content (AvgIpc) is 2.27. The number of carboxylic acid groups (broad SMARTS) is 1. The third-order valence-electron chi connectivity index (χ3n) is 2.48. The van der Waals surface area contributed by atoms with E-state index in [0.717, 1.165) is 9.86 Å². The van der Waals surface area contributed by atoms with Crippen molar-refractivity contribution in [2.75, 3.05) is 5.75 Å². The molecule has 6 heteroatoms. The molecule has 0 aromatic heterocycles. The zero-order chi connectivity index (χ0) is 13.3. The van der Waals surface area contributed by atoms with Crippen molar-refractivity contribution in [1.82, 2.24) is 0 Å². The predicted octanol–water partition coefficient (Wildman–Crippen LogP) is 2.46. The largest absolute Gasteiger partial charge is 0.480 e. The number of aliphatic carboxylic acids is 1. The molecule has 0 aliphatic rings. The first-order chi connectivity index (χ1) is 8.42. The van der Waals surface area contributed by atoms with E-state index in [1.807, 2.05) is 0 Å². The minimum atomic E-state index is -3.82. The Morgan fingerprint density at radius 1 is 1.11 bits per heavy atom. The molecule has 0 spiro atoms. The zero-order valence-corrected chi connectivity index (χ0v) is 11.5. The second-order valence-electron chi connectivity index (χ2n) is 3.74. The number of hydrogen-bond donors (Lipinski definition) is 1. The van der Waals surface area contributed by atoms with Crippen molar-refractivity contribution in [2.24, 2.45) is 0 Å². The lowest BCUT2D eigenvalue weighted by atomic mass is 10.1. The predicted molar refractivity (Wildman–Crippen MR) is 71.3 cm³/mol. The van der Waals surface area contributed by atoms with E-state index in [0.29, 0.717) is 5.39 Å². The Bertz CT molecular complexity index is 722. The van der Waals surface area contributed by atoms with Gasteiger partial charge in [-0.1, -0.05) is 40.2 Å². The van der Waals surface area contributed by atoms with Crippen LogP contribution in [0.2, 0.25) is 0 Å². The molecule has 0 atom stereocenters. The standard InChI is InChI=1S/C12H9BrO4S/c13-10-5-6-11(18(16,17)7-12(14)15)9-4-2-1-3-8(9)10/h1-6H,7H2,(H,14,15). The molecule has 2 rings (SSSR count). The van der Waals surface area contributed by atoms with Crippen LogP contribution in [0.1, 0.15) is 0 Å². The van der Waals surface area contributed by atoms with Crippen molar-refractivity contribution >= 4 is 42.5 Å². The Morgan fingerprint density at radius 3 is 2.33 bits per heavy atom. The van der Waals surface area contributed by atoms with Gasteiger partial charge in [0.15, 0.2) is 15.6 Å². The quantitative estimate of drug-likeness (QED) is 0.939. The Hall–Kier alpha value is -1.40. The minimum absolute atomic E-state index is 0.0451. The number of fused-ring (bicyclic) bond motifs is 1. The Labute approximate surface area is 112 Å². The average molecular weight is 329 g/mol.